The number of carbonyl (C=O) groups excluding carboxylic acids is 1. The maximum absolute atomic E-state index is 12.0. The molecule has 0 aromatic heterocycles. The minimum Gasteiger partial charge on any atom is -0.295 e. The Morgan fingerprint density at radius 1 is 1.19 bits per heavy atom. The molecule has 4 aliphatic carbocycles. The van der Waals surface area contributed by atoms with E-state index in [2.05, 4.69) is 20.4 Å². The van der Waals surface area contributed by atoms with Crippen molar-refractivity contribution < 1.29 is 4.79 Å². The fourth-order valence-corrected chi connectivity index (χ4v) is 6.26. The van der Waals surface area contributed by atoms with Crippen LogP contribution in [0.2, 0.25) is 0 Å². The quantitative estimate of drug-likeness (QED) is 0.576. The van der Waals surface area contributed by atoms with Crippen molar-refractivity contribution >= 4 is 5.78 Å². The Morgan fingerprint density at radius 3 is 2.81 bits per heavy atom. The van der Waals surface area contributed by atoms with E-state index in [9.17, 15) is 4.79 Å². The molecular weight excluding hydrogens is 256 g/mol. The summed E-state index contributed by atoms with van der Waals surface area (Å²) >= 11 is 0. The molecule has 4 aliphatic rings. The molecule has 1 nitrogen and oxygen atoms in total. The molecule has 4 rings (SSSR count). The van der Waals surface area contributed by atoms with Crippen LogP contribution in [0.3, 0.4) is 0 Å². The number of fused-ring (bicyclic) bond motifs is 5. The summed E-state index contributed by atoms with van der Waals surface area (Å²) in [5, 5.41) is 0. The van der Waals surface area contributed by atoms with Gasteiger partial charge in [0.1, 0.15) is 0 Å². The molecule has 3 fully saturated rings. The lowest BCUT2D eigenvalue weighted by Crippen LogP contribution is -2.45. The van der Waals surface area contributed by atoms with Gasteiger partial charge >= 0.3 is 0 Å². The third-order valence-electron chi connectivity index (χ3n) is 7.63. The monoisotopic (exact) mass is 284 g/mol. The van der Waals surface area contributed by atoms with Crippen molar-refractivity contribution in [1.82, 2.24) is 0 Å². The molecule has 1 heteroatoms. The molecule has 0 bridgehead atoms. The topological polar surface area (TPSA) is 17.1 Å². The second-order valence-corrected chi connectivity index (χ2v) is 8.44. The number of allylic oxidation sites excluding steroid dienone is 2. The van der Waals surface area contributed by atoms with Crippen LogP contribution in [0.5, 0.6) is 0 Å². The van der Waals surface area contributed by atoms with E-state index < -0.39 is 0 Å². The molecule has 4 unspecified atom stereocenters. The van der Waals surface area contributed by atoms with Gasteiger partial charge in [0.2, 0.25) is 0 Å². The third-order valence-corrected chi connectivity index (χ3v) is 7.63. The third kappa shape index (κ3) is 1.85. The SMILES string of the molecule is C=C1CCC2C3CCC4=CC(=O)C(C)C[C@H]4C3CC[C@]12C. The van der Waals surface area contributed by atoms with Crippen LogP contribution in [0.15, 0.2) is 23.8 Å². The summed E-state index contributed by atoms with van der Waals surface area (Å²) in [6.45, 7) is 9.01. The Hall–Kier alpha value is -0.850. The number of rotatable bonds is 0. The number of ketones is 1. The van der Waals surface area contributed by atoms with E-state index >= 15 is 0 Å². The zero-order valence-corrected chi connectivity index (χ0v) is 13.5. The van der Waals surface area contributed by atoms with E-state index in [1.54, 1.807) is 0 Å². The Bertz CT molecular complexity index is 528. The van der Waals surface area contributed by atoms with Crippen LogP contribution in [-0.4, -0.2) is 5.78 Å². The van der Waals surface area contributed by atoms with Gasteiger partial charge in [-0.25, -0.2) is 0 Å². The van der Waals surface area contributed by atoms with Crippen molar-refractivity contribution in [3.8, 4) is 0 Å². The molecule has 0 radical (unpaired) electrons. The highest BCUT2D eigenvalue weighted by atomic mass is 16.1. The van der Waals surface area contributed by atoms with Gasteiger partial charge in [0.05, 0.1) is 0 Å². The van der Waals surface area contributed by atoms with Gasteiger partial charge in [0.25, 0.3) is 0 Å². The average molecular weight is 284 g/mol. The van der Waals surface area contributed by atoms with Gasteiger partial charge in [-0.05, 0) is 80.1 Å². The van der Waals surface area contributed by atoms with Gasteiger partial charge in [-0.15, -0.1) is 0 Å². The first-order valence-corrected chi connectivity index (χ1v) is 8.93. The summed E-state index contributed by atoms with van der Waals surface area (Å²) in [6.07, 6.45) is 11.0. The maximum atomic E-state index is 12.0. The van der Waals surface area contributed by atoms with E-state index in [0.717, 1.165) is 30.1 Å². The smallest absolute Gasteiger partial charge is 0.158 e. The van der Waals surface area contributed by atoms with Gasteiger partial charge in [-0.1, -0.05) is 31.6 Å². The molecule has 6 atom stereocenters. The highest BCUT2D eigenvalue weighted by Gasteiger charge is 2.54. The van der Waals surface area contributed by atoms with Crippen LogP contribution in [0.4, 0.5) is 0 Å². The standard InChI is InChI=1S/C20H28O/c1-12-10-17-14(11-19(12)21)5-6-16-15(17)8-9-20(3)13(2)4-7-18(16)20/h11-12,15-18H,2,4-10H2,1,3H3/t12?,15?,16?,17-,18?,20-/m1/s1. The summed E-state index contributed by atoms with van der Waals surface area (Å²) in [6, 6.07) is 0. The minimum atomic E-state index is 0.254. The lowest BCUT2D eigenvalue weighted by Gasteiger charge is -2.53. The van der Waals surface area contributed by atoms with Crippen LogP contribution in [0.25, 0.3) is 0 Å². The second-order valence-electron chi connectivity index (χ2n) is 8.44. The molecule has 114 valence electrons. The Morgan fingerprint density at radius 2 is 2.00 bits per heavy atom. The van der Waals surface area contributed by atoms with Crippen LogP contribution in [0.1, 0.15) is 58.8 Å². The number of carbonyl (C=O) groups is 1. The predicted octanol–water partition coefficient (Wildman–Crippen LogP) is 4.93. The number of hydrogen-bond donors (Lipinski definition) is 0. The van der Waals surface area contributed by atoms with Crippen molar-refractivity contribution in [1.29, 1.82) is 0 Å². The molecule has 0 amide bonds. The molecule has 0 heterocycles. The molecule has 0 aliphatic heterocycles. The van der Waals surface area contributed by atoms with Gasteiger partial charge in [0.15, 0.2) is 5.78 Å². The molecule has 0 aromatic carbocycles. The number of hydrogen-bond acceptors (Lipinski definition) is 1. The minimum absolute atomic E-state index is 0.254. The van der Waals surface area contributed by atoms with Gasteiger partial charge in [-0.3, -0.25) is 4.79 Å². The maximum Gasteiger partial charge on any atom is 0.158 e. The molecule has 21 heavy (non-hydrogen) atoms. The molecule has 0 spiro atoms. The fraction of sp³-hybridized carbons (Fsp3) is 0.750. The molecular formula is C20H28O. The van der Waals surface area contributed by atoms with E-state index in [0.29, 0.717) is 11.2 Å². The first-order chi connectivity index (χ1) is 10.0. The Balaban J connectivity index is 1.65. The van der Waals surface area contributed by atoms with Crippen molar-refractivity contribution in [2.45, 2.75) is 58.8 Å². The van der Waals surface area contributed by atoms with E-state index in [1.165, 1.54) is 49.7 Å². The normalized spacial score (nSPS) is 49.2. The zero-order chi connectivity index (χ0) is 14.8. The lowest BCUT2D eigenvalue weighted by molar-refractivity contribution is -0.119. The molecule has 3 saturated carbocycles. The van der Waals surface area contributed by atoms with Crippen molar-refractivity contribution in [2.24, 2.45) is 35.0 Å². The largest absolute Gasteiger partial charge is 0.295 e. The zero-order valence-electron chi connectivity index (χ0n) is 13.5. The second kappa shape index (κ2) is 4.57. The van der Waals surface area contributed by atoms with Crippen LogP contribution < -0.4 is 0 Å². The van der Waals surface area contributed by atoms with E-state index in [4.69, 9.17) is 0 Å². The van der Waals surface area contributed by atoms with Crippen molar-refractivity contribution in [3.05, 3.63) is 23.8 Å². The first kappa shape index (κ1) is 13.8. The van der Waals surface area contributed by atoms with Gasteiger partial charge < -0.3 is 0 Å². The summed E-state index contributed by atoms with van der Waals surface area (Å²) in [4.78, 5) is 12.0. The van der Waals surface area contributed by atoms with Crippen LogP contribution in [0, 0.1) is 35.0 Å². The van der Waals surface area contributed by atoms with Crippen molar-refractivity contribution in [2.75, 3.05) is 0 Å². The van der Waals surface area contributed by atoms with E-state index in [-0.39, 0.29) is 5.92 Å². The lowest BCUT2D eigenvalue weighted by atomic mass is 9.51. The highest BCUT2D eigenvalue weighted by molar-refractivity contribution is 5.93. The summed E-state index contributed by atoms with van der Waals surface area (Å²) in [5.74, 6) is 3.97. The highest BCUT2D eigenvalue weighted by Crippen LogP contribution is 2.63. The first-order valence-electron chi connectivity index (χ1n) is 8.93. The average Bonchev–Trinajstić information content (AvgIpc) is 2.76. The van der Waals surface area contributed by atoms with E-state index in [1.807, 2.05) is 6.08 Å². The summed E-state index contributed by atoms with van der Waals surface area (Å²) < 4.78 is 0. The van der Waals surface area contributed by atoms with Gasteiger partial charge in [0, 0.05) is 5.92 Å². The fourth-order valence-electron chi connectivity index (χ4n) is 6.26. The van der Waals surface area contributed by atoms with Crippen LogP contribution in [-0.2, 0) is 4.79 Å². The molecule has 0 N–H and O–H groups in total. The molecule has 0 aromatic rings. The Kier molecular flexibility index (Phi) is 3.00. The van der Waals surface area contributed by atoms with Crippen molar-refractivity contribution in [3.63, 3.8) is 0 Å². The summed E-state index contributed by atoms with van der Waals surface area (Å²) in [5.41, 5.74) is 3.46. The van der Waals surface area contributed by atoms with Crippen LogP contribution >= 0.6 is 0 Å². The summed E-state index contributed by atoms with van der Waals surface area (Å²) in [7, 11) is 0. The van der Waals surface area contributed by atoms with Gasteiger partial charge in [-0.2, -0.15) is 0 Å². The molecule has 0 saturated heterocycles. The Labute approximate surface area is 128 Å². The predicted molar refractivity (Wildman–Crippen MR) is 85.8 cm³/mol.